The molecular weight excluding hydrogens is 213 g/mol. The summed E-state index contributed by atoms with van der Waals surface area (Å²) in [4.78, 5) is 10.6. The number of carbonyl (C=O) groups excluding carboxylic acids is 1. The summed E-state index contributed by atoms with van der Waals surface area (Å²) < 4.78 is 13.2. The van der Waals surface area contributed by atoms with Gasteiger partial charge in [-0.3, -0.25) is 4.79 Å². The Balaban J connectivity index is 3.32. The molecule has 0 atom stereocenters. The monoisotopic (exact) mass is 217 g/mol. The average Bonchev–Trinajstić information content (AvgIpc) is 1.85. The van der Waals surface area contributed by atoms with Crippen molar-refractivity contribution in [2.24, 2.45) is 5.73 Å². The van der Waals surface area contributed by atoms with Gasteiger partial charge in [0.25, 0.3) is 5.91 Å². The molecule has 1 amide bonds. The number of amides is 1. The zero-order valence-corrected chi connectivity index (χ0v) is 7.06. The SMILES string of the molecule is NC(=O)c1c(F)cccc1Br. The molecule has 0 bridgehead atoms. The minimum atomic E-state index is -0.769. The van der Waals surface area contributed by atoms with Crippen LogP contribution in [0.5, 0.6) is 0 Å². The van der Waals surface area contributed by atoms with Gasteiger partial charge in [0.05, 0.1) is 5.56 Å². The van der Waals surface area contributed by atoms with Gasteiger partial charge in [0.1, 0.15) is 5.82 Å². The molecular formula is C7H5BrFNO. The molecule has 58 valence electrons. The summed E-state index contributed by atoms with van der Waals surface area (Å²) in [5.41, 5.74) is 4.80. The molecule has 4 heteroatoms. The molecule has 0 saturated carbocycles. The lowest BCUT2D eigenvalue weighted by Crippen LogP contribution is -2.13. The van der Waals surface area contributed by atoms with E-state index in [2.05, 4.69) is 15.9 Å². The molecule has 0 radical (unpaired) electrons. The highest BCUT2D eigenvalue weighted by atomic mass is 79.9. The van der Waals surface area contributed by atoms with Crippen molar-refractivity contribution in [3.63, 3.8) is 0 Å². The van der Waals surface area contributed by atoms with E-state index in [1.54, 1.807) is 6.07 Å². The Morgan fingerprint density at radius 1 is 1.55 bits per heavy atom. The zero-order valence-electron chi connectivity index (χ0n) is 5.47. The van der Waals surface area contributed by atoms with Gasteiger partial charge in [-0.2, -0.15) is 0 Å². The zero-order chi connectivity index (χ0) is 8.43. The summed E-state index contributed by atoms with van der Waals surface area (Å²) >= 11 is 3.01. The summed E-state index contributed by atoms with van der Waals surface area (Å²) in [5.74, 6) is -1.37. The first-order valence-corrected chi connectivity index (χ1v) is 3.66. The molecule has 11 heavy (non-hydrogen) atoms. The lowest BCUT2D eigenvalue weighted by Gasteiger charge is -1.99. The standard InChI is InChI=1S/C7H5BrFNO/c8-4-2-1-3-5(9)6(4)7(10)11/h1-3H,(H2,10,11). The number of rotatable bonds is 1. The van der Waals surface area contributed by atoms with Crippen LogP contribution in [0, 0.1) is 5.82 Å². The van der Waals surface area contributed by atoms with Crippen molar-refractivity contribution >= 4 is 21.8 Å². The van der Waals surface area contributed by atoms with Crippen molar-refractivity contribution < 1.29 is 9.18 Å². The van der Waals surface area contributed by atoms with Crippen LogP contribution in [-0.2, 0) is 0 Å². The van der Waals surface area contributed by atoms with Crippen molar-refractivity contribution in [1.82, 2.24) is 0 Å². The number of hydrogen-bond acceptors (Lipinski definition) is 1. The number of halogens is 2. The van der Waals surface area contributed by atoms with Gasteiger partial charge in [-0.05, 0) is 28.1 Å². The van der Waals surface area contributed by atoms with Crippen LogP contribution in [0.25, 0.3) is 0 Å². The predicted octanol–water partition coefficient (Wildman–Crippen LogP) is 1.69. The minimum absolute atomic E-state index is 0.104. The fourth-order valence-corrected chi connectivity index (χ4v) is 1.27. The molecule has 0 fully saturated rings. The predicted molar refractivity (Wildman–Crippen MR) is 42.6 cm³/mol. The third-order valence-electron chi connectivity index (χ3n) is 1.21. The first kappa shape index (κ1) is 8.20. The molecule has 2 N–H and O–H groups in total. The van der Waals surface area contributed by atoms with E-state index in [0.29, 0.717) is 4.47 Å². The summed E-state index contributed by atoms with van der Waals surface area (Å²) in [5, 5.41) is 0. The van der Waals surface area contributed by atoms with Crippen LogP contribution in [0.4, 0.5) is 4.39 Å². The molecule has 0 spiro atoms. The highest BCUT2D eigenvalue weighted by Gasteiger charge is 2.10. The van der Waals surface area contributed by atoms with Crippen LogP contribution in [0.3, 0.4) is 0 Å². The van der Waals surface area contributed by atoms with Crippen molar-refractivity contribution in [2.45, 2.75) is 0 Å². The third kappa shape index (κ3) is 1.57. The minimum Gasteiger partial charge on any atom is -0.365 e. The Hall–Kier alpha value is -0.900. The number of benzene rings is 1. The molecule has 0 heterocycles. The normalized spacial score (nSPS) is 9.64. The largest absolute Gasteiger partial charge is 0.365 e. The number of hydrogen-bond donors (Lipinski definition) is 1. The summed E-state index contributed by atoms with van der Waals surface area (Å²) in [6, 6.07) is 4.24. The Labute approximate surface area is 71.3 Å². The molecule has 1 rings (SSSR count). The topological polar surface area (TPSA) is 43.1 Å². The van der Waals surface area contributed by atoms with Crippen LogP contribution in [0.15, 0.2) is 22.7 Å². The Morgan fingerprint density at radius 2 is 2.18 bits per heavy atom. The van der Waals surface area contributed by atoms with E-state index in [1.807, 2.05) is 0 Å². The fraction of sp³-hybridized carbons (Fsp3) is 0. The van der Waals surface area contributed by atoms with E-state index in [1.165, 1.54) is 12.1 Å². The maximum Gasteiger partial charge on any atom is 0.252 e. The van der Waals surface area contributed by atoms with Gasteiger partial charge in [0.15, 0.2) is 0 Å². The number of primary amides is 1. The summed E-state index contributed by atoms with van der Waals surface area (Å²) in [7, 11) is 0. The van der Waals surface area contributed by atoms with Gasteiger partial charge in [-0.15, -0.1) is 0 Å². The molecule has 0 aliphatic rings. The van der Waals surface area contributed by atoms with Gasteiger partial charge in [0.2, 0.25) is 0 Å². The average molecular weight is 218 g/mol. The van der Waals surface area contributed by atoms with E-state index in [4.69, 9.17) is 5.73 Å². The van der Waals surface area contributed by atoms with Gasteiger partial charge >= 0.3 is 0 Å². The van der Waals surface area contributed by atoms with Gasteiger partial charge in [0, 0.05) is 4.47 Å². The van der Waals surface area contributed by atoms with Crippen LogP contribution >= 0.6 is 15.9 Å². The second-order valence-corrected chi connectivity index (χ2v) is 2.82. The summed E-state index contributed by atoms with van der Waals surface area (Å²) in [6.45, 7) is 0. The molecule has 1 aromatic carbocycles. The first-order chi connectivity index (χ1) is 5.13. The lowest BCUT2D eigenvalue weighted by molar-refractivity contribution is 0.0995. The van der Waals surface area contributed by atoms with E-state index >= 15 is 0 Å². The van der Waals surface area contributed by atoms with Crippen molar-refractivity contribution in [3.8, 4) is 0 Å². The van der Waals surface area contributed by atoms with Crippen LogP contribution in [0.1, 0.15) is 10.4 Å². The molecule has 0 saturated heterocycles. The lowest BCUT2D eigenvalue weighted by atomic mass is 10.2. The second kappa shape index (κ2) is 3.00. The molecule has 2 nitrogen and oxygen atoms in total. The molecule has 0 aliphatic carbocycles. The Bertz CT molecular complexity index is 280. The second-order valence-electron chi connectivity index (χ2n) is 1.96. The Kier molecular flexibility index (Phi) is 2.24. The number of nitrogens with two attached hydrogens (primary N) is 1. The maximum atomic E-state index is 12.8. The molecule has 1 aromatic rings. The smallest absolute Gasteiger partial charge is 0.252 e. The highest BCUT2D eigenvalue weighted by molar-refractivity contribution is 9.10. The van der Waals surface area contributed by atoms with Crippen molar-refractivity contribution in [3.05, 3.63) is 34.1 Å². The van der Waals surface area contributed by atoms with Crippen molar-refractivity contribution in [1.29, 1.82) is 0 Å². The quantitative estimate of drug-likeness (QED) is 0.765. The molecule has 0 aromatic heterocycles. The van der Waals surface area contributed by atoms with Gasteiger partial charge in [-0.1, -0.05) is 6.07 Å². The Morgan fingerprint density at radius 3 is 2.55 bits per heavy atom. The van der Waals surface area contributed by atoms with Crippen LogP contribution in [-0.4, -0.2) is 5.91 Å². The van der Waals surface area contributed by atoms with E-state index in [-0.39, 0.29) is 5.56 Å². The summed E-state index contributed by atoms with van der Waals surface area (Å²) in [6.07, 6.45) is 0. The fourth-order valence-electron chi connectivity index (χ4n) is 0.733. The van der Waals surface area contributed by atoms with Crippen LogP contribution < -0.4 is 5.73 Å². The molecule has 0 aliphatic heterocycles. The van der Waals surface area contributed by atoms with Gasteiger partial charge in [-0.25, -0.2) is 4.39 Å². The van der Waals surface area contributed by atoms with E-state index in [0.717, 1.165) is 0 Å². The van der Waals surface area contributed by atoms with Crippen molar-refractivity contribution in [2.75, 3.05) is 0 Å². The number of carbonyl (C=O) groups is 1. The first-order valence-electron chi connectivity index (χ1n) is 2.86. The van der Waals surface area contributed by atoms with E-state index < -0.39 is 11.7 Å². The molecule has 0 unspecified atom stereocenters. The maximum absolute atomic E-state index is 12.8. The highest BCUT2D eigenvalue weighted by Crippen LogP contribution is 2.18. The van der Waals surface area contributed by atoms with Crippen LogP contribution in [0.2, 0.25) is 0 Å². The van der Waals surface area contributed by atoms with E-state index in [9.17, 15) is 9.18 Å². The third-order valence-corrected chi connectivity index (χ3v) is 1.87. The van der Waals surface area contributed by atoms with Gasteiger partial charge < -0.3 is 5.73 Å².